The van der Waals surface area contributed by atoms with Gasteiger partial charge in [-0.2, -0.15) is 12.7 Å². The van der Waals surface area contributed by atoms with Crippen LogP contribution in [0.1, 0.15) is 26.7 Å². The molecule has 0 aromatic heterocycles. The fraction of sp³-hybridized carbons (Fsp3) is 1.00. The van der Waals surface area contributed by atoms with Crippen molar-refractivity contribution in [3.05, 3.63) is 0 Å². The summed E-state index contributed by atoms with van der Waals surface area (Å²) in [5, 5.41) is 3.43. The maximum absolute atomic E-state index is 11.7. The summed E-state index contributed by atoms with van der Waals surface area (Å²) in [4.78, 5) is 0. The summed E-state index contributed by atoms with van der Waals surface area (Å²) in [7, 11) is -1.78. The minimum Gasteiger partial charge on any atom is -0.314 e. The van der Waals surface area contributed by atoms with Gasteiger partial charge in [-0.15, -0.1) is 0 Å². The summed E-state index contributed by atoms with van der Waals surface area (Å²) in [5.74, 6) is 0.414. The SMILES string of the molecule is CCNC1CCN(S(=O)(=O)NC)CC1CC. The van der Waals surface area contributed by atoms with Crippen LogP contribution in [0, 0.1) is 5.92 Å². The lowest BCUT2D eigenvalue weighted by Crippen LogP contribution is -2.52. The Hall–Kier alpha value is -0.170. The molecule has 1 heterocycles. The zero-order valence-electron chi connectivity index (χ0n) is 10.4. The van der Waals surface area contributed by atoms with Crippen LogP contribution in [-0.2, 0) is 10.2 Å². The van der Waals surface area contributed by atoms with Crippen LogP contribution in [0.15, 0.2) is 0 Å². The first-order chi connectivity index (χ1) is 7.55. The van der Waals surface area contributed by atoms with E-state index in [0.29, 0.717) is 25.0 Å². The maximum Gasteiger partial charge on any atom is 0.279 e. The highest BCUT2D eigenvalue weighted by molar-refractivity contribution is 7.87. The molecule has 5 nitrogen and oxygen atoms in total. The zero-order valence-corrected chi connectivity index (χ0v) is 11.2. The summed E-state index contributed by atoms with van der Waals surface area (Å²) in [5.41, 5.74) is 0. The van der Waals surface area contributed by atoms with Crippen molar-refractivity contribution >= 4 is 10.2 Å². The number of rotatable bonds is 5. The molecule has 2 atom stereocenters. The quantitative estimate of drug-likeness (QED) is 0.730. The third-order valence-corrected chi connectivity index (χ3v) is 4.81. The summed E-state index contributed by atoms with van der Waals surface area (Å²) < 4.78 is 27.3. The van der Waals surface area contributed by atoms with Gasteiger partial charge in [-0.25, -0.2) is 4.72 Å². The van der Waals surface area contributed by atoms with Gasteiger partial charge in [-0.1, -0.05) is 20.3 Å². The van der Waals surface area contributed by atoms with Gasteiger partial charge >= 0.3 is 0 Å². The second-order valence-electron chi connectivity index (χ2n) is 4.19. The average molecular weight is 249 g/mol. The van der Waals surface area contributed by atoms with Gasteiger partial charge in [0, 0.05) is 26.2 Å². The highest BCUT2D eigenvalue weighted by Gasteiger charge is 2.32. The van der Waals surface area contributed by atoms with Crippen molar-refractivity contribution in [1.82, 2.24) is 14.3 Å². The van der Waals surface area contributed by atoms with Crippen LogP contribution in [-0.4, -0.2) is 45.4 Å². The molecule has 1 saturated heterocycles. The van der Waals surface area contributed by atoms with E-state index < -0.39 is 10.2 Å². The molecule has 16 heavy (non-hydrogen) atoms. The average Bonchev–Trinajstić information content (AvgIpc) is 2.29. The second-order valence-corrected chi connectivity index (χ2v) is 6.06. The Balaban J connectivity index is 2.65. The molecular formula is C10H23N3O2S. The Morgan fingerprint density at radius 2 is 2.06 bits per heavy atom. The standard InChI is InChI=1S/C10H23N3O2S/c1-4-9-8-13(16(14,15)11-3)7-6-10(9)12-5-2/h9-12H,4-8H2,1-3H3. The van der Waals surface area contributed by atoms with Gasteiger partial charge in [0.25, 0.3) is 10.2 Å². The van der Waals surface area contributed by atoms with Crippen molar-refractivity contribution < 1.29 is 8.42 Å². The molecule has 0 amide bonds. The maximum atomic E-state index is 11.7. The molecule has 0 radical (unpaired) electrons. The second kappa shape index (κ2) is 5.95. The van der Waals surface area contributed by atoms with E-state index in [2.05, 4.69) is 23.9 Å². The molecule has 1 rings (SSSR count). The van der Waals surface area contributed by atoms with Gasteiger partial charge in [-0.3, -0.25) is 0 Å². The number of hydrogen-bond acceptors (Lipinski definition) is 3. The Morgan fingerprint density at radius 3 is 2.56 bits per heavy atom. The number of hydrogen-bond donors (Lipinski definition) is 2. The van der Waals surface area contributed by atoms with E-state index in [1.807, 2.05) is 0 Å². The Kier molecular flexibility index (Phi) is 5.17. The van der Waals surface area contributed by atoms with E-state index in [1.165, 1.54) is 7.05 Å². The van der Waals surface area contributed by atoms with E-state index in [4.69, 9.17) is 0 Å². The van der Waals surface area contributed by atoms with Crippen molar-refractivity contribution in [3.8, 4) is 0 Å². The van der Waals surface area contributed by atoms with Crippen molar-refractivity contribution in [3.63, 3.8) is 0 Å². The van der Waals surface area contributed by atoms with Crippen molar-refractivity contribution in [2.45, 2.75) is 32.7 Å². The van der Waals surface area contributed by atoms with E-state index in [9.17, 15) is 8.42 Å². The molecule has 1 fully saturated rings. The third-order valence-electron chi connectivity index (χ3n) is 3.29. The van der Waals surface area contributed by atoms with Gasteiger partial charge in [0.2, 0.25) is 0 Å². The smallest absolute Gasteiger partial charge is 0.279 e. The van der Waals surface area contributed by atoms with Crippen molar-refractivity contribution in [2.75, 3.05) is 26.7 Å². The van der Waals surface area contributed by atoms with Crippen LogP contribution in [0.25, 0.3) is 0 Å². The molecule has 0 spiro atoms. The predicted octanol–water partition coefficient (Wildman–Crippen LogP) is 0.161. The Bertz CT molecular complexity index is 305. The monoisotopic (exact) mass is 249 g/mol. The fourth-order valence-electron chi connectivity index (χ4n) is 2.29. The lowest BCUT2D eigenvalue weighted by Gasteiger charge is -2.37. The first-order valence-electron chi connectivity index (χ1n) is 5.97. The molecule has 2 N–H and O–H groups in total. The molecule has 0 saturated carbocycles. The first-order valence-corrected chi connectivity index (χ1v) is 7.41. The van der Waals surface area contributed by atoms with E-state index in [0.717, 1.165) is 19.4 Å². The highest BCUT2D eigenvalue weighted by atomic mass is 32.2. The van der Waals surface area contributed by atoms with Crippen LogP contribution in [0.5, 0.6) is 0 Å². The van der Waals surface area contributed by atoms with Gasteiger partial charge in [0.05, 0.1) is 0 Å². The number of nitrogens with zero attached hydrogens (tertiary/aromatic N) is 1. The molecular weight excluding hydrogens is 226 g/mol. The predicted molar refractivity (Wildman–Crippen MR) is 65.4 cm³/mol. The molecule has 0 bridgehead atoms. The third kappa shape index (κ3) is 3.16. The first kappa shape index (κ1) is 13.9. The molecule has 2 unspecified atom stereocenters. The molecule has 1 aliphatic rings. The Morgan fingerprint density at radius 1 is 1.38 bits per heavy atom. The number of nitrogens with one attached hydrogen (secondary N) is 2. The van der Waals surface area contributed by atoms with Crippen LogP contribution in [0.3, 0.4) is 0 Å². The molecule has 96 valence electrons. The van der Waals surface area contributed by atoms with Crippen LogP contribution >= 0.6 is 0 Å². The van der Waals surface area contributed by atoms with E-state index >= 15 is 0 Å². The summed E-state index contributed by atoms with van der Waals surface area (Å²) >= 11 is 0. The topological polar surface area (TPSA) is 61.4 Å². The zero-order chi connectivity index (χ0) is 12.2. The molecule has 6 heteroatoms. The lowest BCUT2D eigenvalue weighted by atomic mass is 9.91. The molecule has 0 aliphatic carbocycles. The minimum absolute atomic E-state index is 0.414. The van der Waals surface area contributed by atoms with Crippen LogP contribution < -0.4 is 10.0 Å². The summed E-state index contributed by atoms with van der Waals surface area (Å²) in [6.07, 6.45) is 1.90. The lowest BCUT2D eigenvalue weighted by molar-refractivity contribution is 0.203. The van der Waals surface area contributed by atoms with Gasteiger partial charge in [0.15, 0.2) is 0 Å². The van der Waals surface area contributed by atoms with Crippen molar-refractivity contribution in [1.29, 1.82) is 0 Å². The van der Waals surface area contributed by atoms with Crippen LogP contribution in [0.4, 0.5) is 0 Å². The van der Waals surface area contributed by atoms with Crippen molar-refractivity contribution in [2.24, 2.45) is 5.92 Å². The fourth-order valence-corrected chi connectivity index (χ4v) is 3.28. The van der Waals surface area contributed by atoms with Gasteiger partial charge in [-0.05, 0) is 18.9 Å². The minimum atomic E-state index is -3.25. The number of piperidine rings is 1. The largest absolute Gasteiger partial charge is 0.314 e. The normalized spacial score (nSPS) is 28.2. The van der Waals surface area contributed by atoms with Gasteiger partial charge in [0.1, 0.15) is 0 Å². The van der Waals surface area contributed by atoms with Gasteiger partial charge < -0.3 is 5.32 Å². The molecule has 0 aromatic rings. The Labute approximate surface area is 98.8 Å². The molecule has 1 aliphatic heterocycles. The van der Waals surface area contributed by atoms with Crippen LogP contribution in [0.2, 0.25) is 0 Å². The van der Waals surface area contributed by atoms with E-state index in [-0.39, 0.29) is 0 Å². The molecule has 0 aromatic carbocycles. The van der Waals surface area contributed by atoms with E-state index in [1.54, 1.807) is 4.31 Å². The highest BCUT2D eigenvalue weighted by Crippen LogP contribution is 2.21. The summed E-state index contributed by atoms with van der Waals surface area (Å²) in [6, 6.07) is 0.457. The summed E-state index contributed by atoms with van der Waals surface area (Å²) in [6.45, 7) is 6.38.